The van der Waals surface area contributed by atoms with Gasteiger partial charge < -0.3 is 14.4 Å². The van der Waals surface area contributed by atoms with Crippen LogP contribution in [0.2, 0.25) is 0 Å². The van der Waals surface area contributed by atoms with Crippen LogP contribution in [-0.4, -0.2) is 57.1 Å². The van der Waals surface area contributed by atoms with Crippen LogP contribution in [0.3, 0.4) is 0 Å². The van der Waals surface area contributed by atoms with Crippen molar-refractivity contribution in [3.8, 4) is 11.5 Å². The van der Waals surface area contributed by atoms with Crippen molar-refractivity contribution in [1.29, 1.82) is 0 Å². The molecule has 1 fully saturated rings. The van der Waals surface area contributed by atoms with Crippen molar-refractivity contribution in [3.63, 3.8) is 0 Å². The highest BCUT2D eigenvalue weighted by atomic mass is 32.2. The number of nitrogens with zero attached hydrogens (tertiary/aromatic N) is 2. The third-order valence-corrected chi connectivity index (χ3v) is 5.91. The van der Waals surface area contributed by atoms with Crippen molar-refractivity contribution in [2.45, 2.75) is 25.7 Å². The van der Waals surface area contributed by atoms with Gasteiger partial charge in [-0.2, -0.15) is 4.31 Å². The second kappa shape index (κ2) is 5.96. The van der Waals surface area contributed by atoms with Gasteiger partial charge in [-0.15, -0.1) is 0 Å². The second-order valence-corrected chi connectivity index (χ2v) is 9.19. The first-order valence-electron chi connectivity index (χ1n) is 7.88. The Morgan fingerprint density at radius 3 is 2.35 bits per heavy atom. The van der Waals surface area contributed by atoms with E-state index in [2.05, 4.69) is 25.7 Å². The third-order valence-electron chi connectivity index (χ3n) is 4.01. The highest BCUT2D eigenvalue weighted by molar-refractivity contribution is 7.89. The fourth-order valence-corrected chi connectivity index (χ4v) is 4.42. The van der Waals surface area contributed by atoms with Gasteiger partial charge in [0.25, 0.3) is 0 Å². The predicted molar refractivity (Wildman–Crippen MR) is 87.2 cm³/mol. The lowest BCUT2D eigenvalue weighted by Gasteiger charge is -2.37. The lowest BCUT2D eigenvalue weighted by atomic mass is 9.96. The monoisotopic (exact) mass is 340 g/mol. The smallest absolute Gasteiger partial charge is 0.243 e. The fourth-order valence-electron chi connectivity index (χ4n) is 2.99. The maximum atomic E-state index is 12.8. The predicted octanol–water partition coefficient (Wildman–Crippen LogP) is 1.77. The first kappa shape index (κ1) is 16.5. The third kappa shape index (κ3) is 3.62. The highest BCUT2D eigenvalue weighted by Gasteiger charge is 2.30. The second-order valence-electron chi connectivity index (χ2n) is 7.26. The number of sulfonamides is 1. The van der Waals surface area contributed by atoms with Gasteiger partial charge in [0.1, 0.15) is 0 Å². The Bertz CT molecular complexity index is 674. The summed E-state index contributed by atoms with van der Waals surface area (Å²) in [4.78, 5) is 2.59. The van der Waals surface area contributed by atoms with E-state index in [1.54, 1.807) is 22.5 Å². The molecule has 128 valence electrons. The number of hydrogen-bond acceptors (Lipinski definition) is 5. The van der Waals surface area contributed by atoms with Crippen molar-refractivity contribution in [2.24, 2.45) is 5.41 Å². The quantitative estimate of drug-likeness (QED) is 0.839. The Labute approximate surface area is 138 Å². The summed E-state index contributed by atoms with van der Waals surface area (Å²) in [6.45, 7) is 10.3. The number of rotatable bonds is 3. The van der Waals surface area contributed by atoms with Gasteiger partial charge in [0.05, 0.1) is 4.90 Å². The largest absolute Gasteiger partial charge is 0.454 e. The van der Waals surface area contributed by atoms with Gasteiger partial charge in [-0.25, -0.2) is 8.42 Å². The molecular formula is C16H24N2O4S. The first-order valence-corrected chi connectivity index (χ1v) is 9.32. The molecule has 1 saturated heterocycles. The number of hydrogen-bond donors (Lipinski definition) is 0. The number of ether oxygens (including phenoxy) is 2. The molecule has 1 aromatic rings. The van der Waals surface area contributed by atoms with Crippen LogP contribution in [0.4, 0.5) is 0 Å². The summed E-state index contributed by atoms with van der Waals surface area (Å²) in [6, 6.07) is 4.80. The topological polar surface area (TPSA) is 59.1 Å². The van der Waals surface area contributed by atoms with Crippen molar-refractivity contribution in [3.05, 3.63) is 18.2 Å². The van der Waals surface area contributed by atoms with Gasteiger partial charge in [0.15, 0.2) is 11.5 Å². The minimum Gasteiger partial charge on any atom is -0.454 e. The Morgan fingerprint density at radius 2 is 1.70 bits per heavy atom. The van der Waals surface area contributed by atoms with Crippen LogP contribution in [0.1, 0.15) is 20.8 Å². The molecule has 0 spiro atoms. The molecular weight excluding hydrogens is 316 g/mol. The number of piperazine rings is 1. The normalized spacial score (nSPS) is 20.0. The number of benzene rings is 1. The van der Waals surface area contributed by atoms with E-state index >= 15 is 0 Å². The van der Waals surface area contributed by atoms with Crippen LogP contribution in [0.5, 0.6) is 11.5 Å². The summed E-state index contributed by atoms with van der Waals surface area (Å²) in [5.74, 6) is 1.09. The molecule has 0 aliphatic carbocycles. The minimum atomic E-state index is -3.48. The molecule has 23 heavy (non-hydrogen) atoms. The van der Waals surface area contributed by atoms with E-state index < -0.39 is 10.0 Å². The average Bonchev–Trinajstić information content (AvgIpc) is 2.93. The van der Waals surface area contributed by atoms with E-state index in [9.17, 15) is 8.42 Å². The molecule has 2 aliphatic rings. The van der Waals surface area contributed by atoms with Gasteiger partial charge in [0.2, 0.25) is 16.8 Å². The average molecular weight is 340 g/mol. The Kier molecular flexibility index (Phi) is 4.29. The molecule has 0 unspecified atom stereocenters. The maximum Gasteiger partial charge on any atom is 0.243 e. The SMILES string of the molecule is CC(C)(C)CN1CCN(S(=O)(=O)c2ccc3c(c2)OCO3)CC1. The van der Waals surface area contributed by atoms with E-state index in [4.69, 9.17) is 9.47 Å². The molecule has 0 aromatic heterocycles. The van der Waals surface area contributed by atoms with E-state index in [0.29, 0.717) is 24.6 Å². The van der Waals surface area contributed by atoms with E-state index in [0.717, 1.165) is 19.6 Å². The highest BCUT2D eigenvalue weighted by Crippen LogP contribution is 2.34. The first-order chi connectivity index (χ1) is 10.8. The van der Waals surface area contributed by atoms with Gasteiger partial charge in [-0.3, -0.25) is 0 Å². The number of fused-ring (bicyclic) bond motifs is 1. The van der Waals surface area contributed by atoms with Crippen molar-refractivity contribution in [1.82, 2.24) is 9.21 Å². The summed E-state index contributed by atoms with van der Waals surface area (Å²) in [6.07, 6.45) is 0. The molecule has 0 saturated carbocycles. The zero-order chi connectivity index (χ0) is 16.7. The summed E-state index contributed by atoms with van der Waals surface area (Å²) >= 11 is 0. The van der Waals surface area contributed by atoms with E-state index in [1.807, 2.05) is 0 Å². The van der Waals surface area contributed by atoms with Gasteiger partial charge in [-0.05, 0) is 17.5 Å². The van der Waals surface area contributed by atoms with Gasteiger partial charge >= 0.3 is 0 Å². The maximum absolute atomic E-state index is 12.8. The molecule has 0 atom stereocenters. The Morgan fingerprint density at radius 1 is 1.04 bits per heavy atom. The molecule has 2 heterocycles. The van der Waals surface area contributed by atoms with Gasteiger partial charge in [0, 0.05) is 38.8 Å². The van der Waals surface area contributed by atoms with Gasteiger partial charge in [-0.1, -0.05) is 20.8 Å². The van der Waals surface area contributed by atoms with Crippen molar-refractivity contribution < 1.29 is 17.9 Å². The molecule has 6 nitrogen and oxygen atoms in total. The summed E-state index contributed by atoms with van der Waals surface area (Å²) in [5, 5.41) is 0. The van der Waals surface area contributed by atoms with E-state index in [-0.39, 0.29) is 17.1 Å². The zero-order valence-electron chi connectivity index (χ0n) is 13.9. The lowest BCUT2D eigenvalue weighted by molar-refractivity contribution is 0.141. The van der Waals surface area contributed by atoms with Crippen LogP contribution in [0, 0.1) is 5.41 Å². The minimum absolute atomic E-state index is 0.143. The molecule has 7 heteroatoms. The van der Waals surface area contributed by atoms with E-state index in [1.165, 1.54) is 0 Å². The molecule has 0 amide bonds. The summed E-state index contributed by atoms with van der Waals surface area (Å²) < 4.78 is 37.7. The van der Waals surface area contributed by atoms with Crippen LogP contribution in [-0.2, 0) is 10.0 Å². The molecule has 2 aliphatic heterocycles. The van der Waals surface area contributed by atoms with Crippen LogP contribution < -0.4 is 9.47 Å². The molecule has 0 bridgehead atoms. The van der Waals surface area contributed by atoms with Crippen LogP contribution in [0.15, 0.2) is 23.1 Å². The summed E-state index contributed by atoms with van der Waals surface area (Å²) in [5.41, 5.74) is 0.221. The Hall–Kier alpha value is -1.31. The fraction of sp³-hybridized carbons (Fsp3) is 0.625. The van der Waals surface area contributed by atoms with Crippen LogP contribution in [0.25, 0.3) is 0 Å². The van der Waals surface area contributed by atoms with Crippen molar-refractivity contribution >= 4 is 10.0 Å². The molecule has 0 N–H and O–H groups in total. The van der Waals surface area contributed by atoms with Crippen molar-refractivity contribution in [2.75, 3.05) is 39.5 Å². The molecule has 1 aromatic carbocycles. The van der Waals surface area contributed by atoms with Crippen LogP contribution >= 0.6 is 0 Å². The molecule has 0 radical (unpaired) electrons. The standard InChI is InChI=1S/C16H24N2O4S/c1-16(2,3)11-17-6-8-18(9-7-17)23(19,20)13-4-5-14-15(10-13)22-12-21-14/h4-5,10H,6-9,11-12H2,1-3H3. The Balaban J connectivity index is 1.70. The molecule has 3 rings (SSSR count). The summed E-state index contributed by atoms with van der Waals surface area (Å²) in [7, 11) is -3.48. The lowest BCUT2D eigenvalue weighted by Crippen LogP contribution is -2.50. The zero-order valence-corrected chi connectivity index (χ0v) is 14.7.